The van der Waals surface area contributed by atoms with Crippen molar-refractivity contribution in [3.05, 3.63) is 29.6 Å². The van der Waals surface area contributed by atoms with Gasteiger partial charge in [-0.15, -0.1) is 0 Å². The number of thioether (sulfide) groups is 1. The van der Waals surface area contributed by atoms with Crippen LogP contribution in [0.15, 0.2) is 23.1 Å². The molecule has 0 aliphatic rings. The van der Waals surface area contributed by atoms with Gasteiger partial charge in [0.05, 0.1) is 11.5 Å². The maximum Gasteiger partial charge on any atom is 0.411 e. The van der Waals surface area contributed by atoms with Crippen LogP contribution >= 0.6 is 11.8 Å². The van der Waals surface area contributed by atoms with Crippen LogP contribution < -0.4 is 0 Å². The van der Waals surface area contributed by atoms with E-state index in [1.807, 2.05) is 0 Å². The monoisotopic (exact) mass is 284 g/mol. The zero-order valence-corrected chi connectivity index (χ0v) is 9.65. The van der Waals surface area contributed by atoms with E-state index in [4.69, 9.17) is 5.11 Å². The van der Waals surface area contributed by atoms with Crippen LogP contribution in [0, 0.1) is 5.82 Å². The number of halogens is 4. The lowest BCUT2D eigenvalue weighted by atomic mass is 10.2. The van der Waals surface area contributed by atoms with Gasteiger partial charge >= 0.3 is 12.1 Å². The molecule has 1 aromatic rings. The highest BCUT2D eigenvalue weighted by atomic mass is 32.2. The summed E-state index contributed by atoms with van der Waals surface area (Å²) in [7, 11) is 0. The summed E-state index contributed by atoms with van der Waals surface area (Å²) in [6.07, 6.45) is -4.44. The lowest BCUT2D eigenvalue weighted by Crippen LogP contribution is -2.16. The van der Waals surface area contributed by atoms with E-state index in [2.05, 4.69) is 4.74 Å². The minimum Gasteiger partial charge on any atom is -0.478 e. The number of ether oxygens (including phenoxy) is 1. The molecule has 100 valence electrons. The van der Waals surface area contributed by atoms with Gasteiger partial charge in [-0.1, -0.05) is 11.8 Å². The van der Waals surface area contributed by atoms with E-state index in [1.165, 1.54) is 0 Å². The quantitative estimate of drug-likeness (QED) is 0.390. The second-order valence-corrected chi connectivity index (χ2v) is 4.14. The zero-order chi connectivity index (χ0) is 13.8. The molecule has 0 unspecified atom stereocenters. The third-order valence-corrected chi connectivity index (χ3v) is 2.65. The van der Waals surface area contributed by atoms with E-state index in [0.717, 1.165) is 18.2 Å². The lowest BCUT2D eigenvalue weighted by molar-refractivity contribution is -0.168. The minimum atomic E-state index is -4.44. The fourth-order valence-corrected chi connectivity index (χ4v) is 1.72. The number of hydrogen-bond acceptors (Lipinski definition) is 3. The molecule has 0 fully saturated rings. The normalized spacial score (nSPS) is 11.6. The van der Waals surface area contributed by atoms with Gasteiger partial charge < -0.3 is 9.84 Å². The predicted octanol–water partition coefficient (Wildman–Crippen LogP) is 3.15. The highest BCUT2D eigenvalue weighted by molar-refractivity contribution is 7.99. The largest absolute Gasteiger partial charge is 0.478 e. The van der Waals surface area contributed by atoms with Crippen molar-refractivity contribution in [1.82, 2.24) is 0 Å². The molecule has 0 saturated heterocycles. The maximum absolute atomic E-state index is 13.2. The average Bonchev–Trinajstić information content (AvgIpc) is 2.24. The lowest BCUT2D eigenvalue weighted by Gasteiger charge is -2.08. The second-order valence-electron chi connectivity index (χ2n) is 3.18. The fraction of sp³-hybridized carbons (Fsp3) is 0.300. The summed E-state index contributed by atoms with van der Waals surface area (Å²) < 4.78 is 52.7. The van der Waals surface area contributed by atoms with Crippen molar-refractivity contribution in [2.75, 3.05) is 12.5 Å². The molecule has 1 aromatic carbocycles. The number of alkyl halides is 3. The number of carbonyl (C=O) groups is 1. The predicted molar refractivity (Wildman–Crippen MR) is 56.1 cm³/mol. The SMILES string of the molecule is O=C(O)c1ccc(F)c(SCOCC(F)(F)F)c1. The van der Waals surface area contributed by atoms with E-state index in [-0.39, 0.29) is 10.5 Å². The van der Waals surface area contributed by atoms with Crippen molar-refractivity contribution < 1.29 is 32.2 Å². The van der Waals surface area contributed by atoms with E-state index < -0.39 is 30.5 Å². The number of carboxylic acid groups (broad SMARTS) is 1. The van der Waals surface area contributed by atoms with Gasteiger partial charge in [-0.3, -0.25) is 0 Å². The van der Waals surface area contributed by atoms with Crippen molar-refractivity contribution in [3.8, 4) is 0 Å². The van der Waals surface area contributed by atoms with Crippen LogP contribution in [-0.2, 0) is 4.74 Å². The Morgan fingerprint density at radius 2 is 2.06 bits per heavy atom. The standard InChI is InChI=1S/C10H8F4O3S/c11-7-2-1-6(9(15)16)3-8(7)18-5-17-4-10(12,13)14/h1-3H,4-5H2,(H,15,16). The van der Waals surface area contributed by atoms with Gasteiger partial charge in [-0.2, -0.15) is 13.2 Å². The minimum absolute atomic E-state index is 0.0722. The molecule has 0 saturated carbocycles. The van der Waals surface area contributed by atoms with Crippen LogP contribution in [0.2, 0.25) is 0 Å². The summed E-state index contributed by atoms with van der Waals surface area (Å²) in [6.45, 7) is -1.43. The Hall–Kier alpha value is -1.28. The molecular formula is C10H8F4O3S. The first-order valence-electron chi connectivity index (χ1n) is 4.60. The zero-order valence-electron chi connectivity index (χ0n) is 8.83. The number of carboxylic acids is 1. The summed E-state index contributed by atoms with van der Waals surface area (Å²) in [5.74, 6) is -2.37. The molecule has 8 heteroatoms. The van der Waals surface area contributed by atoms with Crippen molar-refractivity contribution in [3.63, 3.8) is 0 Å². The Labute approximate surface area is 104 Å². The van der Waals surface area contributed by atoms with Gasteiger partial charge in [0.15, 0.2) is 0 Å². The molecule has 3 nitrogen and oxygen atoms in total. The molecule has 0 amide bonds. The number of hydrogen-bond donors (Lipinski definition) is 1. The van der Waals surface area contributed by atoms with Crippen LogP contribution in [0.25, 0.3) is 0 Å². The van der Waals surface area contributed by atoms with E-state index in [1.54, 1.807) is 0 Å². The molecule has 1 N–H and O–H groups in total. The van der Waals surface area contributed by atoms with E-state index in [9.17, 15) is 22.4 Å². The number of rotatable bonds is 5. The summed E-state index contributed by atoms with van der Waals surface area (Å²) in [5.41, 5.74) is -0.144. The smallest absolute Gasteiger partial charge is 0.411 e. The Bertz CT molecular complexity index is 434. The van der Waals surface area contributed by atoms with E-state index >= 15 is 0 Å². The summed E-state index contributed by atoms with van der Waals surface area (Å²) >= 11 is 0.659. The molecule has 0 radical (unpaired) electrons. The van der Waals surface area contributed by atoms with Gasteiger partial charge in [0, 0.05) is 4.90 Å². The molecule has 0 spiro atoms. The Balaban J connectivity index is 2.56. The third kappa shape index (κ3) is 4.92. The van der Waals surface area contributed by atoms with Crippen molar-refractivity contribution in [1.29, 1.82) is 0 Å². The first-order chi connectivity index (χ1) is 8.29. The summed E-state index contributed by atoms with van der Waals surface area (Å²) in [4.78, 5) is 10.5. The molecule has 0 aliphatic carbocycles. The molecule has 0 atom stereocenters. The summed E-state index contributed by atoms with van der Waals surface area (Å²) in [5, 5.41) is 8.67. The number of benzene rings is 1. The molecule has 1 rings (SSSR count). The molecule has 0 aliphatic heterocycles. The number of aromatic carboxylic acids is 1. The van der Waals surface area contributed by atoms with Gasteiger partial charge in [-0.25, -0.2) is 9.18 Å². The van der Waals surface area contributed by atoms with Crippen LogP contribution in [0.5, 0.6) is 0 Å². The fourth-order valence-electron chi connectivity index (χ4n) is 1.01. The van der Waals surface area contributed by atoms with Crippen LogP contribution in [-0.4, -0.2) is 29.8 Å². The first-order valence-corrected chi connectivity index (χ1v) is 5.58. The third-order valence-electron chi connectivity index (χ3n) is 1.74. The van der Waals surface area contributed by atoms with Crippen LogP contribution in [0.3, 0.4) is 0 Å². The van der Waals surface area contributed by atoms with Gasteiger partial charge in [0.25, 0.3) is 0 Å². The molecule has 0 heterocycles. The van der Waals surface area contributed by atoms with Crippen molar-refractivity contribution in [2.45, 2.75) is 11.1 Å². The van der Waals surface area contributed by atoms with Crippen LogP contribution in [0.4, 0.5) is 17.6 Å². The highest BCUT2D eigenvalue weighted by Crippen LogP contribution is 2.24. The molecule has 18 heavy (non-hydrogen) atoms. The van der Waals surface area contributed by atoms with E-state index in [0.29, 0.717) is 11.8 Å². The average molecular weight is 284 g/mol. The summed E-state index contributed by atoms with van der Waals surface area (Å²) in [6, 6.07) is 3.05. The first kappa shape index (κ1) is 14.8. The van der Waals surface area contributed by atoms with Gasteiger partial charge in [0.2, 0.25) is 0 Å². The molecule has 0 bridgehead atoms. The van der Waals surface area contributed by atoms with Crippen molar-refractivity contribution in [2.24, 2.45) is 0 Å². The Morgan fingerprint density at radius 1 is 1.39 bits per heavy atom. The molecular weight excluding hydrogens is 276 g/mol. The Kier molecular flexibility index (Phi) is 4.97. The topological polar surface area (TPSA) is 46.5 Å². The van der Waals surface area contributed by atoms with Gasteiger partial charge in [0.1, 0.15) is 12.4 Å². The Morgan fingerprint density at radius 3 is 2.61 bits per heavy atom. The van der Waals surface area contributed by atoms with Crippen molar-refractivity contribution >= 4 is 17.7 Å². The molecule has 0 aromatic heterocycles. The highest BCUT2D eigenvalue weighted by Gasteiger charge is 2.27. The maximum atomic E-state index is 13.2. The van der Waals surface area contributed by atoms with Gasteiger partial charge in [-0.05, 0) is 18.2 Å². The second kappa shape index (κ2) is 6.05. The van der Waals surface area contributed by atoms with Crippen LogP contribution in [0.1, 0.15) is 10.4 Å².